The molecule has 0 unspecified atom stereocenters. The van der Waals surface area contributed by atoms with Crippen LogP contribution in [0.3, 0.4) is 0 Å². The maximum absolute atomic E-state index is 5.71. The van der Waals surface area contributed by atoms with Crippen LogP contribution in [0.5, 0.6) is 0 Å². The highest BCUT2D eigenvalue weighted by atomic mass is 16.3. The van der Waals surface area contributed by atoms with Crippen LogP contribution in [-0.2, 0) is 18.3 Å². The Morgan fingerprint density at radius 3 is 3.09 bits per heavy atom. The predicted octanol–water partition coefficient (Wildman–Crippen LogP) is 5.44. The van der Waals surface area contributed by atoms with Crippen LogP contribution in [0.15, 0.2) is 51.4 Å². The topological polar surface area (TPSA) is 26.3 Å². The molecule has 0 amide bonds. The fourth-order valence-corrected chi connectivity index (χ4v) is 3.25. The van der Waals surface area contributed by atoms with Crippen LogP contribution in [0.1, 0.15) is 56.4 Å². The molecule has 0 fully saturated rings. The van der Waals surface area contributed by atoms with Crippen molar-refractivity contribution in [3.05, 3.63) is 59.5 Å². The Bertz CT molecular complexity index is 721. The van der Waals surface area contributed by atoms with Crippen LogP contribution in [0.25, 0.3) is 0 Å². The second-order valence-electron chi connectivity index (χ2n) is 6.66. The van der Waals surface area contributed by atoms with E-state index in [0.717, 1.165) is 37.9 Å². The van der Waals surface area contributed by atoms with E-state index in [1.165, 1.54) is 23.1 Å². The van der Waals surface area contributed by atoms with Crippen molar-refractivity contribution in [1.82, 2.24) is 0 Å². The van der Waals surface area contributed by atoms with Crippen molar-refractivity contribution in [2.75, 3.05) is 0 Å². The van der Waals surface area contributed by atoms with Crippen LogP contribution < -0.4 is 0 Å². The summed E-state index contributed by atoms with van der Waals surface area (Å²) < 4.78 is 10.8. The minimum Gasteiger partial charge on any atom is -0.472 e. The zero-order valence-corrected chi connectivity index (χ0v) is 14.0. The van der Waals surface area contributed by atoms with Gasteiger partial charge in [-0.1, -0.05) is 23.5 Å². The Morgan fingerprint density at radius 1 is 1.35 bits per heavy atom. The maximum atomic E-state index is 5.71. The van der Waals surface area contributed by atoms with E-state index in [0.29, 0.717) is 0 Å². The Balaban J connectivity index is 1.57. The number of hydrogen-bond donors (Lipinski definition) is 0. The van der Waals surface area contributed by atoms with E-state index in [1.54, 1.807) is 12.5 Å². The van der Waals surface area contributed by atoms with Crippen LogP contribution in [0, 0.1) is 11.8 Å². The highest BCUT2D eigenvalue weighted by Gasteiger charge is 2.33. The summed E-state index contributed by atoms with van der Waals surface area (Å²) in [5.74, 6) is 7.93. The molecule has 2 aromatic rings. The molecule has 0 bridgehead atoms. The summed E-state index contributed by atoms with van der Waals surface area (Å²) in [7, 11) is 0. The average Bonchev–Trinajstić information content (AvgIpc) is 3.19. The number of aryl methyl sites for hydroxylation is 2. The van der Waals surface area contributed by atoms with Crippen LogP contribution in [-0.4, -0.2) is 0 Å². The lowest BCUT2D eigenvalue weighted by atomic mass is 9.76. The molecule has 2 heteroatoms. The average molecular weight is 308 g/mol. The van der Waals surface area contributed by atoms with E-state index < -0.39 is 0 Å². The van der Waals surface area contributed by atoms with Gasteiger partial charge in [0, 0.05) is 6.42 Å². The predicted molar refractivity (Wildman–Crippen MR) is 92.2 cm³/mol. The SMILES string of the molecule is C/C(=C\CCc1ccoc1)CC#C[C@@]1(C)CCCc2ccoc21. The van der Waals surface area contributed by atoms with Crippen LogP contribution >= 0.6 is 0 Å². The van der Waals surface area contributed by atoms with Gasteiger partial charge in [-0.3, -0.25) is 0 Å². The Kier molecular flexibility index (Phi) is 4.76. The molecule has 0 aromatic carbocycles. The summed E-state index contributed by atoms with van der Waals surface area (Å²) in [5.41, 5.74) is 3.80. The van der Waals surface area contributed by atoms with E-state index in [4.69, 9.17) is 8.83 Å². The quantitative estimate of drug-likeness (QED) is 0.555. The monoisotopic (exact) mass is 308 g/mol. The third kappa shape index (κ3) is 3.79. The summed E-state index contributed by atoms with van der Waals surface area (Å²) in [5, 5.41) is 0. The second kappa shape index (κ2) is 6.96. The van der Waals surface area contributed by atoms with Gasteiger partial charge in [0.05, 0.1) is 24.2 Å². The molecule has 0 spiro atoms. The van der Waals surface area contributed by atoms with Crippen molar-refractivity contribution < 1.29 is 8.83 Å². The lowest BCUT2D eigenvalue weighted by molar-refractivity contribution is 0.377. The first kappa shape index (κ1) is 15.7. The summed E-state index contributed by atoms with van der Waals surface area (Å²) in [6.45, 7) is 4.37. The van der Waals surface area contributed by atoms with Crippen molar-refractivity contribution in [1.29, 1.82) is 0 Å². The first-order valence-electron chi connectivity index (χ1n) is 8.41. The smallest absolute Gasteiger partial charge is 0.124 e. The molecule has 2 heterocycles. The normalized spacial score (nSPS) is 20.7. The van der Waals surface area contributed by atoms with E-state index in [2.05, 4.69) is 37.8 Å². The molecule has 0 radical (unpaired) electrons. The minimum absolute atomic E-state index is 0.117. The molecule has 0 saturated carbocycles. The highest BCUT2D eigenvalue weighted by molar-refractivity contribution is 5.36. The lowest BCUT2D eigenvalue weighted by Gasteiger charge is -2.27. The number of furan rings is 2. The fraction of sp³-hybridized carbons (Fsp3) is 0.429. The zero-order valence-electron chi connectivity index (χ0n) is 14.0. The second-order valence-corrected chi connectivity index (χ2v) is 6.66. The van der Waals surface area contributed by atoms with Gasteiger partial charge < -0.3 is 8.83 Å². The minimum atomic E-state index is -0.117. The fourth-order valence-electron chi connectivity index (χ4n) is 3.25. The van der Waals surface area contributed by atoms with Gasteiger partial charge in [0.25, 0.3) is 0 Å². The molecule has 1 atom stereocenters. The standard InChI is InChI=1S/C21H24O2/c1-17(6-3-8-18-10-14-22-16-18)7-4-12-21(2)13-5-9-19-11-15-23-20(19)21/h6,10-11,14-16H,3,5,7-9,13H2,1-2H3/b17-6+/t21-/m0/s1. The van der Waals surface area contributed by atoms with Gasteiger partial charge in [-0.25, -0.2) is 0 Å². The third-order valence-electron chi connectivity index (χ3n) is 4.61. The summed E-state index contributed by atoms with van der Waals surface area (Å²) in [6.07, 6.45) is 13.9. The van der Waals surface area contributed by atoms with Crippen molar-refractivity contribution in [3.8, 4) is 11.8 Å². The van der Waals surface area contributed by atoms with Gasteiger partial charge in [-0.15, -0.1) is 0 Å². The van der Waals surface area contributed by atoms with Gasteiger partial charge in [0.15, 0.2) is 0 Å². The van der Waals surface area contributed by atoms with Gasteiger partial charge in [0.2, 0.25) is 0 Å². The molecular formula is C21H24O2. The number of allylic oxidation sites excluding steroid dienone is 2. The maximum Gasteiger partial charge on any atom is 0.124 e. The van der Waals surface area contributed by atoms with Crippen LogP contribution in [0.4, 0.5) is 0 Å². The molecule has 120 valence electrons. The molecule has 0 saturated heterocycles. The van der Waals surface area contributed by atoms with E-state index in [9.17, 15) is 0 Å². The largest absolute Gasteiger partial charge is 0.472 e. The first-order chi connectivity index (χ1) is 11.2. The van der Waals surface area contributed by atoms with Gasteiger partial charge >= 0.3 is 0 Å². The molecule has 0 aliphatic heterocycles. The molecule has 3 rings (SSSR count). The first-order valence-corrected chi connectivity index (χ1v) is 8.41. The molecule has 2 nitrogen and oxygen atoms in total. The van der Waals surface area contributed by atoms with Gasteiger partial charge in [-0.2, -0.15) is 0 Å². The molecule has 23 heavy (non-hydrogen) atoms. The number of hydrogen-bond acceptors (Lipinski definition) is 2. The van der Waals surface area contributed by atoms with E-state index >= 15 is 0 Å². The number of fused-ring (bicyclic) bond motifs is 1. The molecule has 2 aromatic heterocycles. The van der Waals surface area contributed by atoms with Crippen molar-refractivity contribution in [2.24, 2.45) is 0 Å². The Labute approximate surface area is 138 Å². The lowest BCUT2D eigenvalue weighted by Crippen LogP contribution is -2.24. The molecule has 0 N–H and O–H groups in total. The van der Waals surface area contributed by atoms with Crippen molar-refractivity contribution >= 4 is 0 Å². The Hall–Kier alpha value is -2.14. The van der Waals surface area contributed by atoms with Crippen molar-refractivity contribution in [3.63, 3.8) is 0 Å². The van der Waals surface area contributed by atoms with Crippen LogP contribution in [0.2, 0.25) is 0 Å². The summed E-state index contributed by atoms with van der Waals surface area (Å²) in [6, 6.07) is 4.11. The molecule has 1 aliphatic rings. The van der Waals surface area contributed by atoms with E-state index in [-0.39, 0.29) is 5.41 Å². The molecular weight excluding hydrogens is 284 g/mol. The van der Waals surface area contributed by atoms with Gasteiger partial charge in [-0.05, 0) is 69.2 Å². The summed E-state index contributed by atoms with van der Waals surface area (Å²) >= 11 is 0. The van der Waals surface area contributed by atoms with E-state index in [1.807, 2.05) is 12.3 Å². The molecule has 1 aliphatic carbocycles. The number of rotatable bonds is 4. The van der Waals surface area contributed by atoms with Crippen molar-refractivity contribution in [2.45, 2.75) is 57.8 Å². The van der Waals surface area contributed by atoms with Gasteiger partial charge in [0.1, 0.15) is 5.76 Å². The highest BCUT2D eigenvalue weighted by Crippen LogP contribution is 2.37. The zero-order chi connectivity index (χ0) is 16.1. The Morgan fingerprint density at radius 2 is 2.26 bits per heavy atom. The third-order valence-corrected chi connectivity index (χ3v) is 4.61. The summed E-state index contributed by atoms with van der Waals surface area (Å²) in [4.78, 5) is 0.